The lowest BCUT2D eigenvalue weighted by atomic mass is 9.98. The average Bonchev–Trinajstić information content (AvgIpc) is 2.53. The van der Waals surface area contributed by atoms with E-state index in [1.54, 1.807) is 0 Å². The number of amides is 1. The van der Waals surface area contributed by atoms with Crippen LogP contribution in [-0.4, -0.2) is 26.5 Å². The summed E-state index contributed by atoms with van der Waals surface area (Å²) in [7, 11) is 3.98. The first-order chi connectivity index (χ1) is 11.4. The number of benzene rings is 2. The van der Waals surface area contributed by atoms with Gasteiger partial charge >= 0.3 is 0 Å². The smallest absolute Gasteiger partial charge is 0.243 e. The predicted molar refractivity (Wildman–Crippen MR) is 103 cm³/mol. The van der Waals surface area contributed by atoms with Gasteiger partial charge in [0.1, 0.15) is 0 Å². The maximum absolute atomic E-state index is 12.2. The molecule has 2 aromatic carbocycles. The van der Waals surface area contributed by atoms with Gasteiger partial charge in [0.25, 0.3) is 0 Å². The molecule has 0 atom stereocenters. The molecule has 128 valence electrons. The van der Waals surface area contributed by atoms with Gasteiger partial charge in [-0.3, -0.25) is 4.79 Å². The Labute approximate surface area is 144 Å². The number of hydrogen-bond acceptors (Lipinski definition) is 3. The number of anilines is 3. The summed E-state index contributed by atoms with van der Waals surface area (Å²) in [4.78, 5) is 14.2. The zero-order valence-corrected chi connectivity index (χ0v) is 15.2. The number of hydrogen-bond donors (Lipinski definition) is 2. The van der Waals surface area contributed by atoms with Crippen LogP contribution in [0.5, 0.6) is 0 Å². The molecule has 0 spiro atoms. The van der Waals surface area contributed by atoms with Crippen LogP contribution >= 0.6 is 0 Å². The van der Waals surface area contributed by atoms with E-state index in [4.69, 9.17) is 0 Å². The summed E-state index contributed by atoms with van der Waals surface area (Å²) in [5, 5.41) is 6.22. The monoisotopic (exact) mass is 325 g/mol. The molecular formula is C20H27N3O. The first-order valence-corrected chi connectivity index (χ1v) is 8.29. The lowest BCUT2D eigenvalue weighted by Crippen LogP contribution is -2.22. The highest BCUT2D eigenvalue weighted by Gasteiger charge is 2.10. The van der Waals surface area contributed by atoms with Gasteiger partial charge in [-0.1, -0.05) is 32.0 Å². The maximum Gasteiger partial charge on any atom is 0.243 e. The molecule has 0 aliphatic carbocycles. The van der Waals surface area contributed by atoms with Crippen molar-refractivity contribution in [1.29, 1.82) is 0 Å². The van der Waals surface area contributed by atoms with Crippen LogP contribution in [0.1, 0.15) is 30.9 Å². The summed E-state index contributed by atoms with van der Waals surface area (Å²) in [6.07, 6.45) is 0. The van der Waals surface area contributed by atoms with Gasteiger partial charge in [0.05, 0.1) is 6.54 Å². The molecule has 0 unspecified atom stereocenters. The summed E-state index contributed by atoms with van der Waals surface area (Å²) >= 11 is 0. The Morgan fingerprint density at radius 1 is 1.08 bits per heavy atom. The molecule has 4 nitrogen and oxygen atoms in total. The Balaban J connectivity index is 1.99. The normalized spacial score (nSPS) is 10.6. The van der Waals surface area contributed by atoms with E-state index in [1.807, 2.05) is 43.3 Å². The van der Waals surface area contributed by atoms with Crippen molar-refractivity contribution in [3.8, 4) is 0 Å². The van der Waals surface area contributed by atoms with Gasteiger partial charge in [-0.05, 0) is 48.2 Å². The van der Waals surface area contributed by atoms with Crippen LogP contribution < -0.4 is 15.5 Å². The van der Waals surface area contributed by atoms with E-state index >= 15 is 0 Å². The molecule has 0 aromatic heterocycles. The number of aryl methyl sites for hydroxylation is 1. The van der Waals surface area contributed by atoms with Crippen molar-refractivity contribution in [2.75, 3.05) is 36.2 Å². The van der Waals surface area contributed by atoms with Crippen LogP contribution in [0, 0.1) is 6.92 Å². The maximum atomic E-state index is 12.2. The van der Waals surface area contributed by atoms with Gasteiger partial charge in [-0.2, -0.15) is 0 Å². The third-order valence-electron chi connectivity index (χ3n) is 4.02. The lowest BCUT2D eigenvalue weighted by Gasteiger charge is -2.17. The lowest BCUT2D eigenvalue weighted by molar-refractivity contribution is -0.114. The van der Waals surface area contributed by atoms with Crippen molar-refractivity contribution >= 4 is 23.0 Å². The second kappa shape index (κ2) is 7.86. The summed E-state index contributed by atoms with van der Waals surface area (Å²) in [6, 6.07) is 14.0. The van der Waals surface area contributed by atoms with Gasteiger partial charge in [0.15, 0.2) is 0 Å². The molecule has 0 aliphatic rings. The second-order valence-corrected chi connectivity index (χ2v) is 6.54. The number of carbonyl (C=O) groups excluding carboxylic acids is 1. The van der Waals surface area contributed by atoms with Crippen molar-refractivity contribution < 1.29 is 4.79 Å². The fraction of sp³-hybridized carbons (Fsp3) is 0.350. The highest BCUT2D eigenvalue weighted by Crippen LogP contribution is 2.27. The van der Waals surface area contributed by atoms with Crippen LogP contribution in [0.4, 0.5) is 17.1 Å². The van der Waals surface area contributed by atoms with Gasteiger partial charge in [0.2, 0.25) is 5.91 Å². The molecule has 0 heterocycles. The molecule has 2 aromatic rings. The van der Waals surface area contributed by atoms with Crippen molar-refractivity contribution in [2.45, 2.75) is 26.7 Å². The summed E-state index contributed by atoms with van der Waals surface area (Å²) in [5.74, 6) is 0.361. The Bertz CT molecular complexity index is 691. The van der Waals surface area contributed by atoms with E-state index < -0.39 is 0 Å². The molecule has 4 heteroatoms. The zero-order chi connectivity index (χ0) is 17.7. The van der Waals surface area contributed by atoms with Crippen molar-refractivity contribution in [3.63, 3.8) is 0 Å². The molecule has 0 saturated carbocycles. The van der Waals surface area contributed by atoms with Gasteiger partial charge in [-0.25, -0.2) is 0 Å². The van der Waals surface area contributed by atoms with Crippen molar-refractivity contribution in [2.24, 2.45) is 0 Å². The molecule has 0 aliphatic heterocycles. The van der Waals surface area contributed by atoms with E-state index in [9.17, 15) is 4.79 Å². The van der Waals surface area contributed by atoms with Crippen LogP contribution in [0.25, 0.3) is 0 Å². The van der Waals surface area contributed by atoms with Crippen LogP contribution in [0.3, 0.4) is 0 Å². The molecule has 2 N–H and O–H groups in total. The molecular weight excluding hydrogens is 298 g/mol. The Kier molecular flexibility index (Phi) is 5.85. The van der Waals surface area contributed by atoms with Crippen molar-refractivity contribution in [1.82, 2.24) is 0 Å². The quantitative estimate of drug-likeness (QED) is 0.835. The van der Waals surface area contributed by atoms with Gasteiger partial charge < -0.3 is 15.5 Å². The van der Waals surface area contributed by atoms with E-state index in [2.05, 4.69) is 49.6 Å². The van der Waals surface area contributed by atoms with E-state index in [1.165, 1.54) is 5.56 Å². The number of rotatable bonds is 6. The fourth-order valence-corrected chi connectivity index (χ4v) is 2.63. The van der Waals surface area contributed by atoms with Gasteiger partial charge in [-0.15, -0.1) is 0 Å². The van der Waals surface area contributed by atoms with Crippen LogP contribution in [0.2, 0.25) is 0 Å². The Morgan fingerprint density at radius 3 is 2.33 bits per heavy atom. The highest BCUT2D eigenvalue weighted by molar-refractivity contribution is 5.94. The molecule has 1 amide bonds. The highest BCUT2D eigenvalue weighted by atomic mass is 16.1. The summed E-state index contributed by atoms with van der Waals surface area (Å²) < 4.78 is 0. The molecule has 0 fully saturated rings. The number of carbonyl (C=O) groups is 1. The first kappa shape index (κ1) is 17.9. The first-order valence-electron chi connectivity index (χ1n) is 8.29. The van der Waals surface area contributed by atoms with E-state index in [0.717, 1.165) is 22.6 Å². The predicted octanol–water partition coefficient (Wildman–Crippen LogP) is 4.24. The average molecular weight is 325 g/mol. The SMILES string of the molecule is Cc1cccc(C(C)C)c1NCC(=O)Nc1ccc(N(C)C)cc1. The summed E-state index contributed by atoms with van der Waals surface area (Å²) in [5.41, 5.74) is 5.36. The number of nitrogens with zero attached hydrogens (tertiary/aromatic N) is 1. The Hall–Kier alpha value is -2.49. The zero-order valence-electron chi connectivity index (χ0n) is 15.2. The minimum Gasteiger partial charge on any atom is -0.378 e. The third-order valence-corrected chi connectivity index (χ3v) is 4.02. The fourth-order valence-electron chi connectivity index (χ4n) is 2.63. The molecule has 0 saturated heterocycles. The van der Waals surface area contributed by atoms with Crippen LogP contribution in [0.15, 0.2) is 42.5 Å². The van der Waals surface area contributed by atoms with E-state index in [0.29, 0.717) is 5.92 Å². The largest absolute Gasteiger partial charge is 0.378 e. The molecule has 2 rings (SSSR count). The van der Waals surface area contributed by atoms with Crippen LogP contribution in [-0.2, 0) is 4.79 Å². The standard InChI is InChI=1S/C20H27N3O/c1-14(2)18-8-6-7-15(3)20(18)21-13-19(24)22-16-9-11-17(12-10-16)23(4)5/h6-12,14,21H,13H2,1-5H3,(H,22,24). The van der Waals surface area contributed by atoms with Gasteiger partial charge in [0, 0.05) is 31.2 Å². The second-order valence-electron chi connectivity index (χ2n) is 6.54. The minimum absolute atomic E-state index is 0.0504. The molecule has 0 radical (unpaired) electrons. The summed E-state index contributed by atoms with van der Waals surface area (Å²) in [6.45, 7) is 6.63. The topological polar surface area (TPSA) is 44.4 Å². The minimum atomic E-state index is -0.0504. The van der Waals surface area contributed by atoms with E-state index in [-0.39, 0.29) is 12.5 Å². The molecule has 0 bridgehead atoms. The molecule has 24 heavy (non-hydrogen) atoms. The Morgan fingerprint density at radius 2 is 1.75 bits per heavy atom. The number of para-hydroxylation sites is 1. The van der Waals surface area contributed by atoms with Crippen molar-refractivity contribution in [3.05, 3.63) is 53.6 Å². The number of nitrogens with one attached hydrogen (secondary N) is 2. The third kappa shape index (κ3) is 4.51.